The maximum absolute atomic E-state index is 8.63. The molecule has 0 saturated carbocycles. The first-order valence-electron chi connectivity index (χ1n) is 6.39. The van der Waals surface area contributed by atoms with Crippen molar-refractivity contribution in [2.24, 2.45) is 0 Å². The molecule has 2 rings (SSSR count). The number of nitrogens with zero attached hydrogens (tertiary/aromatic N) is 5. The van der Waals surface area contributed by atoms with Gasteiger partial charge in [0, 0.05) is 32.7 Å². The van der Waals surface area contributed by atoms with Crippen molar-refractivity contribution in [1.82, 2.24) is 9.97 Å². The molecule has 0 aromatic carbocycles. The first-order valence-corrected chi connectivity index (χ1v) is 6.39. The van der Waals surface area contributed by atoms with Crippen molar-refractivity contribution in [2.45, 2.75) is 26.2 Å². The lowest BCUT2D eigenvalue weighted by Crippen LogP contribution is -2.23. The van der Waals surface area contributed by atoms with Crippen LogP contribution < -0.4 is 9.80 Å². The Kier molecular flexibility index (Phi) is 3.98. The Morgan fingerprint density at radius 2 is 2.11 bits per heavy atom. The van der Waals surface area contributed by atoms with Crippen LogP contribution in [0.3, 0.4) is 0 Å². The molecule has 0 atom stereocenters. The SMILES string of the molecule is Cc1nc(N(C)CCC#N)cc(N2CCCC2)n1. The number of hydrogen-bond acceptors (Lipinski definition) is 5. The number of aromatic nitrogens is 2. The van der Waals surface area contributed by atoms with Crippen molar-refractivity contribution in [3.63, 3.8) is 0 Å². The highest BCUT2D eigenvalue weighted by Gasteiger charge is 2.15. The van der Waals surface area contributed by atoms with Crippen molar-refractivity contribution >= 4 is 11.6 Å². The second kappa shape index (κ2) is 5.67. The lowest BCUT2D eigenvalue weighted by molar-refractivity contribution is 0.855. The molecule has 5 heteroatoms. The normalized spacial score (nSPS) is 14.6. The van der Waals surface area contributed by atoms with Crippen LogP contribution in [0.15, 0.2) is 6.07 Å². The maximum Gasteiger partial charge on any atom is 0.134 e. The Bertz CT molecular complexity index is 445. The molecule has 1 saturated heterocycles. The summed E-state index contributed by atoms with van der Waals surface area (Å²) in [5.41, 5.74) is 0. The zero-order valence-corrected chi connectivity index (χ0v) is 11.1. The number of hydrogen-bond donors (Lipinski definition) is 0. The molecule has 0 aliphatic carbocycles. The van der Waals surface area contributed by atoms with Gasteiger partial charge >= 0.3 is 0 Å². The van der Waals surface area contributed by atoms with Gasteiger partial charge in [-0.3, -0.25) is 0 Å². The minimum atomic E-state index is 0.512. The van der Waals surface area contributed by atoms with Crippen molar-refractivity contribution in [3.05, 3.63) is 11.9 Å². The van der Waals surface area contributed by atoms with Gasteiger partial charge in [0.2, 0.25) is 0 Å². The van der Waals surface area contributed by atoms with E-state index in [1.807, 2.05) is 24.9 Å². The fourth-order valence-electron chi connectivity index (χ4n) is 2.17. The molecule has 1 aliphatic heterocycles. The Morgan fingerprint density at radius 3 is 2.78 bits per heavy atom. The molecule has 0 spiro atoms. The maximum atomic E-state index is 8.63. The summed E-state index contributed by atoms with van der Waals surface area (Å²) in [6.07, 6.45) is 2.99. The predicted octanol–water partition coefficient (Wildman–Crippen LogP) is 1.74. The zero-order valence-electron chi connectivity index (χ0n) is 11.1. The van der Waals surface area contributed by atoms with E-state index in [4.69, 9.17) is 5.26 Å². The van der Waals surface area contributed by atoms with Crippen LogP contribution >= 0.6 is 0 Å². The van der Waals surface area contributed by atoms with E-state index < -0.39 is 0 Å². The second-order valence-corrected chi connectivity index (χ2v) is 4.66. The fourth-order valence-corrected chi connectivity index (χ4v) is 2.17. The van der Waals surface area contributed by atoms with Crippen molar-refractivity contribution in [2.75, 3.05) is 36.5 Å². The molecule has 0 radical (unpaired) electrons. The molecule has 0 unspecified atom stereocenters. The topological polar surface area (TPSA) is 56.1 Å². The quantitative estimate of drug-likeness (QED) is 0.808. The minimum Gasteiger partial charge on any atom is -0.358 e. The van der Waals surface area contributed by atoms with Gasteiger partial charge in [0.15, 0.2) is 0 Å². The Hall–Kier alpha value is -1.83. The molecule has 1 aromatic rings. The number of rotatable bonds is 4. The lowest BCUT2D eigenvalue weighted by atomic mass is 10.4. The summed E-state index contributed by atoms with van der Waals surface area (Å²) >= 11 is 0. The zero-order chi connectivity index (χ0) is 13.0. The van der Waals surface area contributed by atoms with E-state index in [0.29, 0.717) is 13.0 Å². The van der Waals surface area contributed by atoms with Gasteiger partial charge in [-0.15, -0.1) is 0 Å². The number of aryl methyl sites for hydroxylation is 1. The first kappa shape index (κ1) is 12.6. The average Bonchev–Trinajstić information content (AvgIpc) is 2.89. The van der Waals surface area contributed by atoms with E-state index in [9.17, 15) is 0 Å². The van der Waals surface area contributed by atoms with Crippen LogP contribution in [0.25, 0.3) is 0 Å². The molecule has 0 bridgehead atoms. The van der Waals surface area contributed by atoms with Gasteiger partial charge < -0.3 is 9.80 Å². The summed E-state index contributed by atoms with van der Waals surface area (Å²) in [6, 6.07) is 4.18. The van der Waals surface area contributed by atoms with Crippen molar-refractivity contribution in [1.29, 1.82) is 5.26 Å². The third kappa shape index (κ3) is 2.89. The van der Waals surface area contributed by atoms with E-state index in [1.54, 1.807) is 0 Å². The smallest absolute Gasteiger partial charge is 0.134 e. The highest BCUT2D eigenvalue weighted by molar-refractivity contribution is 5.51. The van der Waals surface area contributed by atoms with E-state index in [-0.39, 0.29) is 0 Å². The highest BCUT2D eigenvalue weighted by atomic mass is 15.2. The first-order chi connectivity index (χ1) is 8.70. The minimum absolute atomic E-state index is 0.512. The molecule has 18 heavy (non-hydrogen) atoms. The van der Waals surface area contributed by atoms with Crippen molar-refractivity contribution < 1.29 is 0 Å². The fraction of sp³-hybridized carbons (Fsp3) is 0.615. The van der Waals surface area contributed by atoms with Crippen LogP contribution in [-0.4, -0.2) is 36.6 Å². The number of anilines is 2. The molecule has 1 aromatic heterocycles. The third-order valence-corrected chi connectivity index (χ3v) is 3.19. The van der Waals surface area contributed by atoms with E-state index in [2.05, 4.69) is 20.9 Å². The summed E-state index contributed by atoms with van der Waals surface area (Å²) in [4.78, 5) is 13.3. The summed E-state index contributed by atoms with van der Waals surface area (Å²) in [6.45, 7) is 4.78. The summed E-state index contributed by atoms with van der Waals surface area (Å²) in [7, 11) is 1.97. The number of nitriles is 1. The predicted molar refractivity (Wildman–Crippen MR) is 71.7 cm³/mol. The Morgan fingerprint density at radius 1 is 1.39 bits per heavy atom. The largest absolute Gasteiger partial charge is 0.358 e. The summed E-state index contributed by atoms with van der Waals surface area (Å²) in [5, 5.41) is 8.63. The molecule has 2 heterocycles. The molecule has 96 valence electrons. The summed E-state index contributed by atoms with van der Waals surface area (Å²) < 4.78 is 0. The van der Waals surface area contributed by atoms with Gasteiger partial charge in [-0.1, -0.05) is 0 Å². The van der Waals surface area contributed by atoms with E-state index in [1.165, 1.54) is 12.8 Å². The Labute approximate surface area is 108 Å². The van der Waals surface area contributed by atoms with Gasteiger partial charge in [-0.05, 0) is 19.8 Å². The van der Waals surface area contributed by atoms with Crippen LogP contribution in [0.5, 0.6) is 0 Å². The van der Waals surface area contributed by atoms with Crippen LogP contribution in [0.4, 0.5) is 11.6 Å². The molecule has 0 N–H and O–H groups in total. The van der Waals surface area contributed by atoms with Crippen molar-refractivity contribution in [3.8, 4) is 6.07 Å². The van der Waals surface area contributed by atoms with Gasteiger partial charge in [0.1, 0.15) is 17.5 Å². The highest BCUT2D eigenvalue weighted by Crippen LogP contribution is 2.22. The van der Waals surface area contributed by atoms with Crippen LogP contribution in [0, 0.1) is 18.3 Å². The van der Waals surface area contributed by atoms with Crippen LogP contribution in [-0.2, 0) is 0 Å². The standard InChI is InChI=1S/C13H19N5/c1-11-15-12(17(2)7-5-6-14)10-13(16-11)18-8-3-4-9-18/h10H,3-5,7-9H2,1-2H3. The molecule has 0 amide bonds. The molecular weight excluding hydrogens is 226 g/mol. The van der Waals surface area contributed by atoms with Gasteiger partial charge in [0.05, 0.1) is 12.5 Å². The van der Waals surface area contributed by atoms with E-state index in [0.717, 1.165) is 30.5 Å². The molecular formula is C13H19N5. The van der Waals surface area contributed by atoms with Gasteiger partial charge in [-0.2, -0.15) is 5.26 Å². The second-order valence-electron chi connectivity index (χ2n) is 4.66. The average molecular weight is 245 g/mol. The molecule has 1 aliphatic rings. The van der Waals surface area contributed by atoms with Gasteiger partial charge in [-0.25, -0.2) is 9.97 Å². The molecule has 5 nitrogen and oxygen atoms in total. The monoisotopic (exact) mass is 245 g/mol. The Balaban J connectivity index is 2.18. The van der Waals surface area contributed by atoms with Crippen LogP contribution in [0.1, 0.15) is 25.1 Å². The van der Waals surface area contributed by atoms with Gasteiger partial charge in [0.25, 0.3) is 0 Å². The third-order valence-electron chi connectivity index (χ3n) is 3.19. The summed E-state index contributed by atoms with van der Waals surface area (Å²) in [5.74, 6) is 2.71. The lowest BCUT2D eigenvalue weighted by Gasteiger charge is -2.21. The van der Waals surface area contributed by atoms with Crippen LogP contribution in [0.2, 0.25) is 0 Å². The van der Waals surface area contributed by atoms with E-state index >= 15 is 0 Å². The molecule has 1 fully saturated rings.